The first-order valence-electron chi connectivity index (χ1n) is 4.85. The summed E-state index contributed by atoms with van der Waals surface area (Å²) in [6, 6.07) is 3.65. The number of carboxylic acid groups (broad SMARTS) is 1. The minimum atomic E-state index is -1.000. The van der Waals surface area contributed by atoms with Crippen LogP contribution in [0.25, 0.3) is 0 Å². The number of ether oxygens (including phenoxy) is 1. The lowest BCUT2D eigenvalue weighted by Crippen LogP contribution is -1.97. The van der Waals surface area contributed by atoms with Crippen LogP contribution in [0.3, 0.4) is 0 Å². The van der Waals surface area contributed by atoms with E-state index in [2.05, 4.69) is 9.97 Å². The number of hydrogen-bond donors (Lipinski definition) is 1. The third-order valence-corrected chi connectivity index (χ3v) is 2.98. The second kappa shape index (κ2) is 4.92. The van der Waals surface area contributed by atoms with Crippen LogP contribution in [0.5, 0.6) is 5.88 Å². The normalized spacial score (nSPS) is 10.2. The topological polar surface area (TPSA) is 72.3 Å². The van der Waals surface area contributed by atoms with Crippen molar-refractivity contribution in [1.29, 1.82) is 0 Å². The van der Waals surface area contributed by atoms with Gasteiger partial charge in [-0.2, -0.15) is 0 Å². The molecule has 0 aliphatic heterocycles. The molecule has 0 aliphatic rings. The van der Waals surface area contributed by atoms with Gasteiger partial charge in [0.1, 0.15) is 0 Å². The van der Waals surface area contributed by atoms with Crippen LogP contribution in [0.2, 0.25) is 0 Å². The molecule has 0 bridgehead atoms. The standard InChI is InChI=1S/C11H10N2O3S/c1-16-9-3-2-7(5-12-9)4-10-13-8(6-17-10)11(14)15/h2-3,5-6H,4H2,1H3,(H,14,15). The zero-order valence-corrected chi connectivity index (χ0v) is 9.90. The van der Waals surface area contributed by atoms with Gasteiger partial charge in [0.15, 0.2) is 5.69 Å². The van der Waals surface area contributed by atoms with Gasteiger partial charge in [-0.3, -0.25) is 0 Å². The predicted octanol–water partition coefficient (Wildman–Crippen LogP) is 1.84. The lowest BCUT2D eigenvalue weighted by molar-refractivity contribution is 0.0691. The van der Waals surface area contributed by atoms with Gasteiger partial charge in [0, 0.05) is 24.1 Å². The molecule has 0 amide bonds. The van der Waals surface area contributed by atoms with E-state index in [1.165, 1.54) is 16.7 Å². The van der Waals surface area contributed by atoms with Crippen LogP contribution in [0.4, 0.5) is 0 Å². The van der Waals surface area contributed by atoms with Crippen LogP contribution in [0.15, 0.2) is 23.7 Å². The number of carbonyl (C=O) groups is 1. The molecule has 0 radical (unpaired) electrons. The fourth-order valence-electron chi connectivity index (χ4n) is 1.30. The van der Waals surface area contributed by atoms with E-state index in [1.54, 1.807) is 19.4 Å². The van der Waals surface area contributed by atoms with Crippen LogP contribution >= 0.6 is 11.3 Å². The van der Waals surface area contributed by atoms with Gasteiger partial charge in [0.25, 0.3) is 0 Å². The zero-order valence-electron chi connectivity index (χ0n) is 9.08. The average Bonchev–Trinajstić information content (AvgIpc) is 2.79. The van der Waals surface area contributed by atoms with Crippen LogP contribution in [0.1, 0.15) is 21.1 Å². The summed E-state index contributed by atoms with van der Waals surface area (Å²) in [5, 5.41) is 11.0. The molecule has 0 saturated carbocycles. The third-order valence-electron chi connectivity index (χ3n) is 2.13. The van der Waals surface area contributed by atoms with Crippen molar-refractivity contribution in [3.8, 4) is 5.88 Å². The van der Waals surface area contributed by atoms with Gasteiger partial charge >= 0.3 is 5.97 Å². The molecule has 2 heterocycles. The van der Waals surface area contributed by atoms with E-state index in [0.717, 1.165) is 10.6 Å². The summed E-state index contributed by atoms with van der Waals surface area (Å²) in [6.07, 6.45) is 2.27. The Kier molecular flexibility index (Phi) is 3.34. The molecule has 2 aromatic heterocycles. The second-order valence-electron chi connectivity index (χ2n) is 3.32. The Morgan fingerprint density at radius 3 is 2.88 bits per heavy atom. The van der Waals surface area contributed by atoms with Gasteiger partial charge in [0.2, 0.25) is 5.88 Å². The molecule has 0 spiro atoms. The summed E-state index contributed by atoms with van der Waals surface area (Å²) >= 11 is 1.33. The van der Waals surface area contributed by atoms with E-state index in [9.17, 15) is 4.79 Å². The highest BCUT2D eigenvalue weighted by molar-refractivity contribution is 7.09. The van der Waals surface area contributed by atoms with Crippen LogP contribution in [-0.4, -0.2) is 28.2 Å². The molecular formula is C11H10N2O3S. The fraction of sp³-hybridized carbons (Fsp3) is 0.182. The van der Waals surface area contributed by atoms with Crippen LogP contribution in [0, 0.1) is 0 Å². The Morgan fingerprint density at radius 2 is 2.35 bits per heavy atom. The summed E-state index contributed by atoms with van der Waals surface area (Å²) in [5.74, 6) is -0.445. The van der Waals surface area contributed by atoms with Crippen molar-refractivity contribution in [3.05, 3.63) is 40.0 Å². The summed E-state index contributed by atoms with van der Waals surface area (Å²) in [7, 11) is 1.56. The highest BCUT2D eigenvalue weighted by Crippen LogP contribution is 2.15. The van der Waals surface area contributed by atoms with E-state index < -0.39 is 5.97 Å². The predicted molar refractivity (Wildman–Crippen MR) is 62.7 cm³/mol. The Hall–Kier alpha value is -1.95. The highest BCUT2D eigenvalue weighted by atomic mass is 32.1. The van der Waals surface area contributed by atoms with Crippen molar-refractivity contribution < 1.29 is 14.6 Å². The second-order valence-corrected chi connectivity index (χ2v) is 4.26. The van der Waals surface area contributed by atoms with Gasteiger partial charge in [-0.05, 0) is 5.56 Å². The molecule has 2 rings (SSSR count). The molecule has 0 aromatic carbocycles. The van der Waals surface area contributed by atoms with E-state index in [4.69, 9.17) is 9.84 Å². The van der Waals surface area contributed by atoms with Gasteiger partial charge in [0.05, 0.1) is 12.1 Å². The number of hydrogen-bond acceptors (Lipinski definition) is 5. The number of carboxylic acids is 1. The highest BCUT2D eigenvalue weighted by Gasteiger charge is 2.09. The first-order valence-corrected chi connectivity index (χ1v) is 5.73. The van der Waals surface area contributed by atoms with Gasteiger partial charge in [-0.15, -0.1) is 11.3 Å². The number of aromatic carboxylic acids is 1. The largest absolute Gasteiger partial charge is 0.481 e. The fourth-order valence-corrected chi connectivity index (χ4v) is 2.10. The molecule has 0 atom stereocenters. The van der Waals surface area contributed by atoms with Crippen LogP contribution in [-0.2, 0) is 6.42 Å². The molecule has 88 valence electrons. The Balaban J connectivity index is 2.11. The Morgan fingerprint density at radius 1 is 1.53 bits per heavy atom. The smallest absolute Gasteiger partial charge is 0.355 e. The maximum absolute atomic E-state index is 10.7. The summed E-state index contributed by atoms with van der Waals surface area (Å²) in [5.41, 5.74) is 1.06. The van der Waals surface area contributed by atoms with E-state index in [0.29, 0.717) is 12.3 Å². The van der Waals surface area contributed by atoms with E-state index >= 15 is 0 Å². The van der Waals surface area contributed by atoms with E-state index in [1.807, 2.05) is 6.07 Å². The Bertz CT molecular complexity index is 522. The van der Waals surface area contributed by atoms with Gasteiger partial charge in [-0.1, -0.05) is 6.07 Å². The summed E-state index contributed by atoms with van der Waals surface area (Å²) in [6.45, 7) is 0. The van der Waals surface area contributed by atoms with Crippen molar-refractivity contribution in [2.45, 2.75) is 6.42 Å². The molecule has 6 heteroatoms. The molecular weight excluding hydrogens is 240 g/mol. The number of pyridine rings is 1. The monoisotopic (exact) mass is 250 g/mol. The molecule has 5 nitrogen and oxygen atoms in total. The summed E-state index contributed by atoms with van der Waals surface area (Å²) in [4.78, 5) is 18.7. The Labute approximate surface area is 102 Å². The minimum absolute atomic E-state index is 0.0893. The quantitative estimate of drug-likeness (QED) is 0.896. The molecule has 1 N–H and O–H groups in total. The van der Waals surface area contributed by atoms with Crippen molar-refractivity contribution in [2.24, 2.45) is 0 Å². The van der Waals surface area contributed by atoms with Crippen molar-refractivity contribution >= 4 is 17.3 Å². The molecule has 0 aliphatic carbocycles. The lowest BCUT2D eigenvalue weighted by atomic mass is 10.2. The first-order chi connectivity index (χ1) is 8.19. The van der Waals surface area contributed by atoms with Crippen LogP contribution < -0.4 is 4.74 Å². The lowest BCUT2D eigenvalue weighted by Gasteiger charge is -2.00. The number of nitrogens with zero attached hydrogens (tertiary/aromatic N) is 2. The maximum Gasteiger partial charge on any atom is 0.355 e. The van der Waals surface area contributed by atoms with E-state index in [-0.39, 0.29) is 5.69 Å². The molecule has 2 aromatic rings. The molecule has 0 unspecified atom stereocenters. The number of rotatable bonds is 4. The molecule has 17 heavy (non-hydrogen) atoms. The molecule has 0 fully saturated rings. The molecule has 0 saturated heterocycles. The number of thiazole rings is 1. The third kappa shape index (κ3) is 2.79. The average molecular weight is 250 g/mol. The van der Waals surface area contributed by atoms with Gasteiger partial charge < -0.3 is 9.84 Å². The SMILES string of the molecule is COc1ccc(Cc2nc(C(=O)O)cs2)cn1. The van der Waals surface area contributed by atoms with Crippen molar-refractivity contribution in [1.82, 2.24) is 9.97 Å². The van der Waals surface area contributed by atoms with Crippen molar-refractivity contribution in [3.63, 3.8) is 0 Å². The van der Waals surface area contributed by atoms with Gasteiger partial charge in [-0.25, -0.2) is 14.8 Å². The first kappa shape index (κ1) is 11.5. The number of aromatic nitrogens is 2. The minimum Gasteiger partial charge on any atom is -0.481 e. The van der Waals surface area contributed by atoms with Crippen molar-refractivity contribution in [2.75, 3.05) is 7.11 Å². The summed E-state index contributed by atoms with van der Waals surface area (Å²) < 4.78 is 4.95. The zero-order chi connectivity index (χ0) is 12.3. The maximum atomic E-state index is 10.7. The number of methoxy groups -OCH3 is 1.